The Labute approximate surface area is 188 Å². The van der Waals surface area contributed by atoms with E-state index >= 15 is 0 Å². The highest BCUT2D eigenvalue weighted by atomic mass is 35.5. The second-order valence-corrected chi connectivity index (χ2v) is 8.29. The van der Waals surface area contributed by atoms with Gasteiger partial charge in [0.15, 0.2) is 5.82 Å². The van der Waals surface area contributed by atoms with Crippen LogP contribution in [0.4, 0.5) is 0 Å². The van der Waals surface area contributed by atoms with Crippen LogP contribution in [0, 0.1) is 0 Å². The number of nitrogens with zero attached hydrogens (tertiary/aromatic N) is 2. The van der Waals surface area contributed by atoms with Crippen LogP contribution in [0.1, 0.15) is 56.4 Å². The summed E-state index contributed by atoms with van der Waals surface area (Å²) in [5.74, 6) is -0.791. The molecule has 5 rings (SSSR count). The largest absolute Gasteiger partial charge is 0.478 e. The monoisotopic (exact) mass is 446 g/mol. The lowest BCUT2D eigenvalue weighted by Crippen LogP contribution is -2.10. The van der Waals surface area contributed by atoms with Crippen LogP contribution in [0.2, 0.25) is 5.02 Å². The van der Waals surface area contributed by atoms with Crippen molar-refractivity contribution in [3.8, 4) is 11.3 Å². The summed E-state index contributed by atoms with van der Waals surface area (Å²) in [5.41, 5.74) is 3.65. The Morgan fingerprint density at radius 1 is 1.09 bits per heavy atom. The third kappa shape index (κ3) is 3.38. The number of carbonyl (C=O) groups excluding carboxylic acids is 1. The number of aliphatic hydroxyl groups excluding tert-OH is 1. The van der Waals surface area contributed by atoms with Crippen molar-refractivity contribution < 1.29 is 19.8 Å². The highest BCUT2D eigenvalue weighted by Crippen LogP contribution is 2.43. The Bertz CT molecular complexity index is 1390. The Morgan fingerprint density at radius 3 is 2.62 bits per heavy atom. The molecule has 6 nitrogen and oxygen atoms in total. The molecule has 2 heterocycles. The van der Waals surface area contributed by atoms with Gasteiger partial charge in [0.05, 0.1) is 28.4 Å². The molecule has 4 aromatic rings. The fraction of sp³-hybridized carbons (Fsp3) is 0.160. The summed E-state index contributed by atoms with van der Waals surface area (Å²) < 4.78 is 1.71. The van der Waals surface area contributed by atoms with Crippen LogP contribution in [0.15, 0.2) is 60.8 Å². The van der Waals surface area contributed by atoms with Crippen LogP contribution in [0.3, 0.4) is 0 Å². The van der Waals surface area contributed by atoms with E-state index in [0.717, 1.165) is 18.4 Å². The average Bonchev–Trinajstić information content (AvgIpc) is 3.58. The van der Waals surface area contributed by atoms with E-state index in [9.17, 15) is 19.8 Å². The zero-order valence-corrected chi connectivity index (χ0v) is 17.7. The molecule has 2 aromatic heterocycles. The molecule has 1 fully saturated rings. The molecule has 1 aliphatic rings. The number of carboxylic acid groups (broad SMARTS) is 1. The molecule has 1 aliphatic carbocycles. The first-order valence-electron chi connectivity index (χ1n) is 10.3. The summed E-state index contributed by atoms with van der Waals surface area (Å²) in [7, 11) is 0. The molecule has 0 bridgehead atoms. The number of rotatable bonds is 6. The summed E-state index contributed by atoms with van der Waals surface area (Å²) in [6.45, 7) is -0.359. The maximum absolute atomic E-state index is 13.7. The smallest absolute Gasteiger partial charge is 0.335 e. The van der Waals surface area contributed by atoms with Crippen molar-refractivity contribution in [3.63, 3.8) is 0 Å². The van der Waals surface area contributed by atoms with E-state index in [-0.39, 0.29) is 23.8 Å². The Balaban J connectivity index is 1.71. The van der Waals surface area contributed by atoms with E-state index < -0.39 is 5.97 Å². The molecule has 2 aromatic carbocycles. The van der Waals surface area contributed by atoms with E-state index in [0.29, 0.717) is 38.8 Å². The third-order valence-electron chi connectivity index (χ3n) is 5.82. The first kappa shape index (κ1) is 20.4. The molecule has 0 atom stereocenters. The molecule has 0 unspecified atom stereocenters. The van der Waals surface area contributed by atoms with E-state index in [4.69, 9.17) is 11.6 Å². The average molecular weight is 447 g/mol. The van der Waals surface area contributed by atoms with Gasteiger partial charge in [-0.3, -0.25) is 9.20 Å². The van der Waals surface area contributed by atoms with Crippen LogP contribution in [0.25, 0.3) is 16.8 Å². The summed E-state index contributed by atoms with van der Waals surface area (Å²) in [4.78, 5) is 29.7. The number of aliphatic hydroxyl groups is 1. The molecule has 1 saturated carbocycles. The number of hydrogen-bond acceptors (Lipinski definition) is 4. The molecule has 160 valence electrons. The minimum Gasteiger partial charge on any atom is -0.478 e. The van der Waals surface area contributed by atoms with Crippen LogP contribution in [-0.2, 0) is 6.61 Å². The van der Waals surface area contributed by atoms with Crippen molar-refractivity contribution >= 4 is 28.9 Å². The first-order valence-corrected chi connectivity index (χ1v) is 10.6. The van der Waals surface area contributed by atoms with E-state index in [1.807, 2.05) is 30.3 Å². The number of carboxylic acids is 1. The summed E-state index contributed by atoms with van der Waals surface area (Å²) in [5, 5.41) is 19.6. The number of aromatic carboxylic acids is 1. The number of halogens is 1. The lowest BCUT2D eigenvalue weighted by Gasteiger charge is -2.09. The van der Waals surface area contributed by atoms with Gasteiger partial charge in [-0.1, -0.05) is 35.9 Å². The lowest BCUT2D eigenvalue weighted by molar-refractivity contribution is 0.0696. The molecule has 0 amide bonds. The van der Waals surface area contributed by atoms with Crippen LogP contribution in [0.5, 0.6) is 0 Å². The molecular weight excluding hydrogens is 428 g/mol. The van der Waals surface area contributed by atoms with Crippen molar-refractivity contribution in [1.82, 2.24) is 9.38 Å². The first-order chi connectivity index (χ1) is 15.5. The fourth-order valence-corrected chi connectivity index (χ4v) is 4.38. The number of imidazole rings is 1. The SMILES string of the molecule is O=C(O)c1ccc(-c2nc(C(=O)c3c(Cl)cccc3C3CC3)n3ccccc23)c(CO)c1. The van der Waals surface area contributed by atoms with Gasteiger partial charge in [-0.25, -0.2) is 9.78 Å². The normalized spacial score (nSPS) is 13.4. The standard InChI is InChI=1S/C25H19ClN2O4/c26-19-5-3-4-17(14-7-8-14)21(19)23(30)24-27-22(20-6-1-2-11-28(20)24)18-10-9-15(25(31)32)12-16(18)13-29/h1-6,9-12,14,29H,7-8,13H2,(H,31,32). The zero-order valence-electron chi connectivity index (χ0n) is 17.0. The summed E-state index contributed by atoms with van der Waals surface area (Å²) in [6, 6.07) is 15.5. The third-order valence-corrected chi connectivity index (χ3v) is 6.13. The highest BCUT2D eigenvalue weighted by molar-refractivity contribution is 6.35. The molecule has 32 heavy (non-hydrogen) atoms. The van der Waals surface area contributed by atoms with Gasteiger partial charge >= 0.3 is 5.97 Å². The van der Waals surface area contributed by atoms with Gasteiger partial charge in [0.25, 0.3) is 0 Å². The number of pyridine rings is 1. The number of carbonyl (C=O) groups is 2. The van der Waals surface area contributed by atoms with Crippen molar-refractivity contribution in [3.05, 3.63) is 93.9 Å². The van der Waals surface area contributed by atoms with Crippen molar-refractivity contribution in [2.24, 2.45) is 0 Å². The van der Waals surface area contributed by atoms with Gasteiger partial charge in [-0.05, 0) is 60.2 Å². The van der Waals surface area contributed by atoms with Gasteiger partial charge in [-0.15, -0.1) is 0 Å². The molecular formula is C25H19ClN2O4. The van der Waals surface area contributed by atoms with Crippen LogP contribution < -0.4 is 0 Å². The van der Waals surface area contributed by atoms with Crippen molar-refractivity contribution in [2.75, 3.05) is 0 Å². The van der Waals surface area contributed by atoms with E-state index in [2.05, 4.69) is 4.98 Å². The maximum atomic E-state index is 13.7. The van der Waals surface area contributed by atoms with E-state index in [1.165, 1.54) is 12.1 Å². The molecule has 7 heteroatoms. The van der Waals surface area contributed by atoms with Crippen LogP contribution in [-0.4, -0.2) is 31.4 Å². The second kappa shape index (κ2) is 7.89. The second-order valence-electron chi connectivity index (χ2n) is 7.88. The topological polar surface area (TPSA) is 91.9 Å². The number of aromatic nitrogens is 2. The summed E-state index contributed by atoms with van der Waals surface area (Å²) >= 11 is 6.47. The van der Waals surface area contributed by atoms with Gasteiger partial charge in [0, 0.05) is 17.3 Å². The zero-order chi connectivity index (χ0) is 22.4. The Kier molecular flexibility index (Phi) is 5.04. The molecule has 0 spiro atoms. The van der Waals surface area contributed by atoms with E-state index in [1.54, 1.807) is 22.7 Å². The predicted octanol–water partition coefficient (Wildman–Crippen LogP) is 4.95. The molecule has 0 aliphatic heterocycles. The Hall–Kier alpha value is -3.48. The molecule has 0 saturated heterocycles. The van der Waals surface area contributed by atoms with Gasteiger partial charge in [-0.2, -0.15) is 0 Å². The number of fused-ring (bicyclic) bond motifs is 1. The predicted molar refractivity (Wildman–Crippen MR) is 120 cm³/mol. The minimum atomic E-state index is -1.08. The Morgan fingerprint density at radius 2 is 1.91 bits per heavy atom. The molecule has 2 N–H and O–H groups in total. The minimum absolute atomic E-state index is 0.0720. The quantitative estimate of drug-likeness (QED) is 0.409. The van der Waals surface area contributed by atoms with Crippen molar-refractivity contribution in [1.29, 1.82) is 0 Å². The maximum Gasteiger partial charge on any atom is 0.335 e. The van der Waals surface area contributed by atoms with Gasteiger partial charge < -0.3 is 10.2 Å². The van der Waals surface area contributed by atoms with Gasteiger partial charge in [0.2, 0.25) is 5.78 Å². The van der Waals surface area contributed by atoms with Gasteiger partial charge in [0.1, 0.15) is 0 Å². The lowest BCUT2D eigenvalue weighted by atomic mass is 9.99. The molecule has 0 radical (unpaired) electrons. The summed E-state index contributed by atoms with van der Waals surface area (Å²) in [6.07, 6.45) is 3.82. The fourth-order valence-electron chi connectivity index (χ4n) is 4.11. The highest BCUT2D eigenvalue weighted by Gasteiger charge is 2.31. The van der Waals surface area contributed by atoms with Crippen molar-refractivity contribution in [2.45, 2.75) is 25.4 Å². The number of benzene rings is 2. The van der Waals surface area contributed by atoms with Crippen LogP contribution >= 0.6 is 11.6 Å². The number of ketones is 1. The number of hydrogen-bond donors (Lipinski definition) is 2.